The molecular weight excluding hydrogens is 229 g/mol. The Labute approximate surface area is 60.5 Å². The zero-order valence-electron chi connectivity index (χ0n) is 4.62. The Bertz CT molecular complexity index is 68.9. The second kappa shape index (κ2) is 2.91. The number of halogens is 3. The van der Waals surface area contributed by atoms with Crippen molar-refractivity contribution in [3.63, 3.8) is 0 Å². The largest absolute Gasteiger partial charge is 0.353 e. The molecule has 0 aliphatic carbocycles. The van der Waals surface area contributed by atoms with Crippen molar-refractivity contribution in [1.82, 2.24) is 0 Å². The molecule has 0 aromatic carbocycles. The van der Waals surface area contributed by atoms with Gasteiger partial charge >= 0.3 is 6.11 Å². The topological polar surface area (TPSA) is 9.23 Å². The van der Waals surface area contributed by atoms with E-state index in [1.54, 1.807) is 29.5 Å². The molecule has 0 amide bonds. The lowest BCUT2D eigenvalue weighted by molar-refractivity contribution is -0.225. The summed E-state index contributed by atoms with van der Waals surface area (Å²) in [6.07, 6.45) is -2.99. The number of hydrogen-bond donors (Lipinski definition) is 0. The van der Waals surface area contributed by atoms with Crippen molar-refractivity contribution in [3.05, 3.63) is 0 Å². The maximum atomic E-state index is 11.7. The molecule has 0 rings (SSSR count). The highest BCUT2D eigenvalue weighted by Crippen LogP contribution is 2.18. The van der Waals surface area contributed by atoms with Crippen LogP contribution < -0.4 is 0 Å². The van der Waals surface area contributed by atoms with Gasteiger partial charge in [0.05, 0.1) is 0 Å². The summed E-state index contributed by atoms with van der Waals surface area (Å²) in [4.78, 5) is 0. The molecule has 8 heavy (non-hydrogen) atoms. The van der Waals surface area contributed by atoms with Crippen LogP contribution in [0, 0.1) is 0 Å². The van der Waals surface area contributed by atoms with Crippen molar-refractivity contribution in [2.75, 3.05) is 0 Å². The smallest absolute Gasteiger partial charge is 0.307 e. The van der Waals surface area contributed by atoms with Gasteiger partial charge < -0.3 is 4.74 Å². The standard InChI is InChI=1S/C4H7F2IO/c1-3(7)8-4(2,5)6/h3H,1-2H3/t3-/m1/s1. The molecule has 0 radical (unpaired) electrons. The third kappa shape index (κ3) is 6.55. The minimum Gasteiger partial charge on any atom is -0.307 e. The Morgan fingerprint density at radius 3 is 2.00 bits per heavy atom. The molecule has 0 unspecified atom stereocenters. The lowest BCUT2D eigenvalue weighted by Gasteiger charge is -2.12. The molecule has 4 heteroatoms. The molecule has 0 bridgehead atoms. The molecule has 0 aliphatic rings. The highest BCUT2D eigenvalue weighted by Gasteiger charge is 2.23. The fraction of sp³-hybridized carbons (Fsp3) is 1.00. The SMILES string of the molecule is C[C@H](I)OC(C)(F)F. The molecule has 0 heterocycles. The van der Waals surface area contributed by atoms with Gasteiger partial charge in [-0.2, -0.15) is 8.78 Å². The van der Waals surface area contributed by atoms with Crippen LogP contribution in [0.5, 0.6) is 0 Å². The average Bonchev–Trinajstić information content (AvgIpc) is 1.21. The lowest BCUT2D eigenvalue weighted by Crippen LogP contribution is -2.18. The van der Waals surface area contributed by atoms with Gasteiger partial charge in [0.15, 0.2) is 0 Å². The molecule has 0 N–H and O–H groups in total. The molecule has 0 saturated carbocycles. The molecule has 0 fully saturated rings. The highest BCUT2D eigenvalue weighted by molar-refractivity contribution is 14.1. The van der Waals surface area contributed by atoms with E-state index in [4.69, 9.17) is 0 Å². The molecule has 1 atom stereocenters. The van der Waals surface area contributed by atoms with Gasteiger partial charge in [-0.25, -0.2) is 0 Å². The van der Waals surface area contributed by atoms with Crippen LogP contribution in [-0.4, -0.2) is 10.2 Å². The number of ether oxygens (including phenoxy) is 1. The molecule has 0 aliphatic heterocycles. The number of alkyl halides is 3. The third-order valence-corrected chi connectivity index (χ3v) is 0.624. The predicted octanol–water partition coefficient (Wildman–Crippen LogP) is 2.40. The van der Waals surface area contributed by atoms with E-state index < -0.39 is 10.2 Å². The van der Waals surface area contributed by atoms with Crippen molar-refractivity contribution in [1.29, 1.82) is 0 Å². The van der Waals surface area contributed by atoms with Crippen LogP contribution in [0.3, 0.4) is 0 Å². The quantitative estimate of drug-likeness (QED) is 0.528. The van der Waals surface area contributed by atoms with Gasteiger partial charge in [-0.15, -0.1) is 0 Å². The van der Waals surface area contributed by atoms with Crippen molar-refractivity contribution < 1.29 is 13.5 Å². The maximum Gasteiger partial charge on any atom is 0.353 e. The highest BCUT2D eigenvalue weighted by atomic mass is 127. The molecule has 0 saturated heterocycles. The van der Waals surface area contributed by atoms with E-state index in [1.165, 1.54) is 0 Å². The van der Waals surface area contributed by atoms with Crippen LogP contribution in [0.15, 0.2) is 0 Å². The summed E-state index contributed by atoms with van der Waals surface area (Å²) in [6.45, 7) is 2.28. The monoisotopic (exact) mass is 236 g/mol. The third-order valence-electron chi connectivity index (χ3n) is 0.369. The zero-order valence-corrected chi connectivity index (χ0v) is 6.78. The zero-order chi connectivity index (χ0) is 6.78. The van der Waals surface area contributed by atoms with Gasteiger partial charge in [0.1, 0.15) is 4.11 Å². The van der Waals surface area contributed by atoms with Crippen LogP contribution in [0.2, 0.25) is 0 Å². The van der Waals surface area contributed by atoms with Gasteiger partial charge in [0.2, 0.25) is 0 Å². The summed E-state index contributed by atoms with van der Waals surface area (Å²) >= 11 is 1.77. The lowest BCUT2D eigenvalue weighted by atomic mass is 10.7. The fourth-order valence-corrected chi connectivity index (χ4v) is 0.732. The Hall–Kier alpha value is 0.550. The molecule has 0 aromatic heterocycles. The van der Waals surface area contributed by atoms with Gasteiger partial charge in [-0.1, -0.05) is 22.6 Å². The van der Waals surface area contributed by atoms with Gasteiger partial charge in [-0.3, -0.25) is 0 Å². The number of hydrogen-bond acceptors (Lipinski definition) is 1. The Kier molecular flexibility index (Phi) is 3.11. The summed E-state index contributed by atoms with van der Waals surface area (Å²) in [5, 5.41) is 0. The van der Waals surface area contributed by atoms with Crippen LogP contribution in [0.1, 0.15) is 13.8 Å². The van der Waals surface area contributed by atoms with Crippen molar-refractivity contribution in [3.8, 4) is 0 Å². The minimum atomic E-state index is -2.99. The second-order valence-electron chi connectivity index (χ2n) is 1.47. The predicted molar refractivity (Wildman–Crippen MR) is 35.2 cm³/mol. The van der Waals surface area contributed by atoms with E-state index >= 15 is 0 Å². The number of rotatable bonds is 2. The van der Waals surface area contributed by atoms with E-state index in [0.717, 1.165) is 6.92 Å². The van der Waals surface area contributed by atoms with E-state index in [-0.39, 0.29) is 0 Å². The van der Waals surface area contributed by atoms with E-state index in [0.29, 0.717) is 0 Å². The molecule has 0 spiro atoms. The van der Waals surface area contributed by atoms with Crippen LogP contribution >= 0.6 is 22.6 Å². The van der Waals surface area contributed by atoms with E-state index in [9.17, 15) is 8.78 Å². The first-order chi connectivity index (χ1) is 3.42. The summed E-state index contributed by atoms with van der Waals surface area (Å²) in [5.74, 6) is 0. The first kappa shape index (κ1) is 8.55. The molecule has 50 valence electrons. The Morgan fingerprint density at radius 1 is 1.62 bits per heavy atom. The molecule has 1 nitrogen and oxygen atoms in total. The second-order valence-corrected chi connectivity index (χ2v) is 3.22. The van der Waals surface area contributed by atoms with Crippen molar-refractivity contribution >= 4 is 22.6 Å². The summed E-state index contributed by atoms with van der Waals surface area (Å²) in [7, 11) is 0. The Morgan fingerprint density at radius 2 is 2.00 bits per heavy atom. The van der Waals surface area contributed by atoms with Crippen molar-refractivity contribution in [2.45, 2.75) is 24.1 Å². The molecule has 0 aromatic rings. The molecular formula is C4H7F2IO. The fourth-order valence-electron chi connectivity index (χ4n) is 0.285. The summed E-state index contributed by atoms with van der Waals surface area (Å²) in [5.41, 5.74) is 0. The summed E-state index contributed by atoms with van der Waals surface area (Å²) in [6, 6.07) is 0. The first-order valence-corrected chi connectivity index (χ1v) is 3.36. The minimum absolute atomic E-state index is 0.437. The van der Waals surface area contributed by atoms with Gasteiger partial charge in [0.25, 0.3) is 0 Å². The van der Waals surface area contributed by atoms with Crippen LogP contribution in [-0.2, 0) is 4.74 Å². The maximum absolute atomic E-state index is 11.7. The van der Waals surface area contributed by atoms with E-state index in [2.05, 4.69) is 4.74 Å². The summed E-state index contributed by atoms with van der Waals surface area (Å²) < 4.78 is 27.1. The van der Waals surface area contributed by atoms with Crippen LogP contribution in [0.25, 0.3) is 0 Å². The van der Waals surface area contributed by atoms with Crippen molar-refractivity contribution in [2.24, 2.45) is 0 Å². The Balaban J connectivity index is 3.39. The normalized spacial score (nSPS) is 16.1. The van der Waals surface area contributed by atoms with Crippen LogP contribution in [0.4, 0.5) is 8.78 Å². The van der Waals surface area contributed by atoms with E-state index in [1.807, 2.05) is 0 Å². The van der Waals surface area contributed by atoms with Gasteiger partial charge in [-0.05, 0) is 6.92 Å². The first-order valence-electron chi connectivity index (χ1n) is 2.11. The van der Waals surface area contributed by atoms with Gasteiger partial charge in [0, 0.05) is 6.92 Å². The average molecular weight is 236 g/mol.